The predicted octanol–water partition coefficient (Wildman–Crippen LogP) is 3.26. The highest BCUT2D eigenvalue weighted by Gasteiger charge is 2.21. The number of nitrogens with one attached hydrogen (secondary N) is 2. The van der Waals surface area contributed by atoms with E-state index in [-0.39, 0.29) is 30.0 Å². The number of aliphatic hydroxyl groups is 1. The molecule has 27 heavy (non-hydrogen) atoms. The smallest absolute Gasteiger partial charge is 0.277 e. The molecule has 0 unspecified atom stereocenters. The van der Waals surface area contributed by atoms with E-state index in [4.69, 9.17) is 9.94 Å². The van der Waals surface area contributed by atoms with E-state index in [0.717, 1.165) is 4.47 Å². The summed E-state index contributed by atoms with van der Waals surface area (Å²) in [5, 5.41) is 11.7. The standard InChI is InChI=1S/C18H18BrFN4O3/c1-24-10-21-17-14(24)9-13(18(26)23-27-8-2-7-25)16(15(17)20)22-12-5-3-11(19)4-6-12/h3-6,9-10,22,25H,2,7-8H2,1H3,(H,23,26). The molecule has 0 spiro atoms. The Hall–Kier alpha value is -2.49. The van der Waals surface area contributed by atoms with Crippen molar-refractivity contribution in [2.24, 2.45) is 7.05 Å². The molecule has 3 rings (SSSR count). The minimum Gasteiger partial charge on any atom is -0.396 e. The zero-order valence-electron chi connectivity index (χ0n) is 14.5. The molecule has 9 heteroatoms. The molecule has 3 N–H and O–H groups in total. The number of imidazole rings is 1. The zero-order valence-corrected chi connectivity index (χ0v) is 16.1. The van der Waals surface area contributed by atoms with E-state index < -0.39 is 11.7 Å². The number of hydrogen-bond donors (Lipinski definition) is 3. The van der Waals surface area contributed by atoms with Gasteiger partial charge in [-0.25, -0.2) is 14.9 Å². The van der Waals surface area contributed by atoms with Crippen molar-refractivity contribution in [3.05, 3.63) is 52.5 Å². The molecule has 0 bridgehead atoms. The molecule has 142 valence electrons. The molecule has 0 aliphatic carbocycles. The molecule has 0 aliphatic rings. The number of rotatable bonds is 7. The van der Waals surface area contributed by atoms with Crippen LogP contribution in [0.15, 0.2) is 41.1 Å². The second-order valence-corrected chi connectivity index (χ2v) is 6.74. The highest BCUT2D eigenvalue weighted by atomic mass is 79.9. The third-order valence-corrected chi connectivity index (χ3v) is 4.42. The molecule has 2 aromatic carbocycles. The molecule has 0 atom stereocenters. The van der Waals surface area contributed by atoms with Crippen molar-refractivity contribution in [3.8, 4) is 0 Å². The highest BCUT2D eigenvalue weighted by Crippen LogP contribution is 2.31. The third kappa shape index (κ3) is 4.26. The van der Waals surface area contributed by atoms with Crippen LogP contribution in [0.1, 0.15) is 16.8 Å². The van der Waals surface area contributed by atoms with E-state index in [1.165, 1.54) is 6.33 Å². The van der Waals surface area contributed by atoms with Crippen molar-refractivity contribution in [2.45, 2.75) is 6.42 Å². The number of carbonyl (C=O) groups is 1. The van der Waals surface area contributed by atoms with E-state index in [9.17, 15) is 4.79 Å². The van der Waals surface area contributed by atoms with E-state index in [2.05, 4.69) is 31.7 Å². The number of nitrogens with zero attached hydrogens (tertiary/aromatic N) is 2. The fraction of sp³-hybridized carbons (Fsp3) is 0.222. The summed E-state index contributed by atoms with van der Waals surface area (Å²) in [6.07, 6.45) is 1.86. The predicted molar refractivity (Wildman–Crippen MR) is 103 cm³/mol. The lowest BCUT2D eigenvalue weighted by Crippen LogP contribution is -2.25. The maximum Gasteiger partial charge on any atom is 0.277 e. The maximum absolute atomic E-state index is 15.1. The van der Waals surface area contributed by atoms with Crippen molar-refractivity contribution in [2.75, 3.05) is 18.5 Å². The molecule has 1 aromatic heterocycles. The van der Waals surface area contributed by atoms with Crippen LogP contribution in [0.5, 0.6) is 0 Å². The Morgan fingerprint density at radius 1 is 1.37 bits per heavy atom. The van der Waals surface area contributed by atoms with Crippen molar-refractivity contribution in [3.63, 3.8) is 0 Å². The van der Waals surface area contributed by atoms with Crippen LogP contribution in [0.3, 0.4) is 0 Å². The van der Waals surface area contributed by atoms with Gasteiger partial charge in [-0.05, 0) is 36.8 Å². The zero-order chi connectivity index (χ0) is 19.4. The van der Waals surface area contributed by atoms with Gasteiger partial charge in [0, 0.05) is 23.8 Å². The Bertz CT molecular complexity index is 959. The number of hydrogen-bond acceptors (Lipinski definition) is 5. The first-order valence-electron chi connectivity index (χ1n) is 8.20. The third-order valence-electron chi connectivity index (χ3n) is 3.89. The Balaban J connectivity index is 1.99. The van der Waals surface area contributed by atoms with Crippen LogP contribution in [-0.2, 0) is 11.9 Å². The number of benzene rings is 2. The highest BCUT2D eigenvalue weighted by molar-refractivity contribution is 9.10. The Morgan fingerprint density at radius 3 is 2.81 bits per heavy atom. The van der Waals surface area contributed by atoms with E-state index in [1.807, 2.05) is 0 Å². The first-order valence-corrected chi connectivity index (χ1v) is 8.99. The number of carbonyl (C=O) groups excluding carboxylic acids is 1. The largest absolute Gasteiger partial charge is 0.396 e. The summed E-state index contributed by atoms with van der Waals surface area (Å²) in [6.45, 7) is 0.0933. The van der Waals surface area contributed by atoms with Gasteiger partial charge >= 0.3 is 0 Å². The summed E-state index contributed by atoms with van der Waals surface area (Å²) in [7, 11) is 1.72. The van der Waals surface area contributed by atoms with Crippen LogP contribution < -0.4 is 10.8 Å². The molecule has 0 fully saturated rings. The summed E-state index contributed by atoms with van der Waals surface area (Å²) in [4.78, 5) is 21.7. The summed E-state index contributed by atoms with van der Waals surface area (Å²) >= 11 is 3.35. The molecule has 3 aromatic rings. The van der Waals surface area contributed by atoms with Gasteiger partial charge in [0.1, 0.15) is 5.52 Å². The van der Waals surface area contributed by atoms with Gasteiger partial charge in [0.2, 0.25) is 0 Å². The van der Waals surface area contributed by atoms with Gasteiger partial charge in [0.15, 0.2) is 5.82 Å². The van der Waals surface area contributed by atoms with Crippen LogP contribution in [0, 0.1) is 5.82 Å². The van der Waals surface area contributed by atoms with Gasteiger partial charge in [-0.3, -0.25) is 9.63 Å². The lowest BCUT2D eigenvalue weighted by Gasteiger charge is -2.14. The minimum absolute atomic E-state index is 0.00628. The Labute approximate surface area is 163 Å². The van der Waals surface area contributed by atoms with E-state index >= 15 is 4.39 Å². The van der Waals surface area contributed by atoms with Gasteiger partial charge in [-0.2, -0.15) is 0 Å². The number of hydroxylamine groups is 1. The van der Waals surface area contributed by atoms with Crippen molar-refractivity contribution >= 4 is 44.2 Å². The summed E-state index contributed by atoms with van der Waals surface area (Å²) in [5.41, 5.74) is 3.62. The van der Waals surface area contributed by atoms with Crippen molar-refractivity contribution < 1.29 is 19.1 Å². The number of aryl methyl sites for hydroxylation is 1. The summed E-state index contributed by atoms with van der Waals surface area (Å²) < 4.78 is 17.6. The lowest BCUT2D eigenvalue weighted by atomic mass is 10.1. The number of fused-ring (bicyclic) bond motifs is 1. The Kier molecular flexibility index (Phi) is 6.04. The van der Waals surface area contributed by atoms with Gasteiger partial charge in [-0.1, -0.05) is 15.9 Å². The maximum atomic E-state index is 15.1. The van der Waals surface area contributed by atoms with Gasteiger partial charge < -0.3 is 15.0 Å². The van der Waals surface area contributed by atoms with Crippen LogP contribution >= 0.6 is 15.9 Å². The molecular weight excluding hydrogens is 419 g/mol. The fourth-order valence-corrected chi connectivity index (χ4v) is 2.78. The first kappa shape index (κ1) is 19.3. The monoisotopic (exact) mass is 436 g/mol. The molecule has 7 nitrogen and oxygen atoms in total. The summed E-state index contributed by atoms with van der Waals surface area (Å²) in [5.74, 6) is -1.23. The van der Waals surface area contributed by atoms with Crippen LogP contribution in [0.25, 0.3) is 11.0 Å². The lowest BCUT2D eigenvalue weighted by molar-refractivity contribution is 0.0262. The van der Waals surface area contributed by atoms with Crippen molar-refractivity contribution in [1.29, 1.82) is 0 Å². The van der Waals surface area contributed by atoms with Gasteiger partial charge in [0.25, 0.3) is 5.91 Å². The first-order chi connectivity index (χ1) is 13.0. The van der Waals surface area contributed by atoms with Crippen LogP contribution in [0.2, 0.25) is 0 Å². The quantitative estimate of drug-likeness (QED) is 0.390. The minimum atomic E-state index is -0.628. The number of halogens is 2. The van der Waals surface area contributed by atoms with Crippen molar-refractivity contribution in [1.82, 2.24) is 15.0 Å². The molecule has 1 amide bonds. The van der Waals surface area contributed by atoms with Gasteiger partial charge in [0.05, 0.1) is 29.7 Å². The van der Waals surface area contributed by atoms with Gasteiger partial charge in [-0.15, -0.1) is 0 Å². The number of amides is 1. The van der Waals surface area contributed by atoms with E-state index in [0.29, 0.717) is 17.6 Å². The normalized spacial score (nSPS) is 11.0. The van der Waals surface area contributed by atoms with Crippen LogP contribution in [0.4, 0.5) is 15.8 Å². The Morgan fingerprint density at radius 2 is 2.11 bits per heavy atom. The number of aliphatic hydroxyl groups excluding tert-OH is 1. The molecular formula is C18H18BrFN4O3. The molecule has 0 saturated heterocycles. The second-order valence-electron chi connectivity index (χ2n) is 5.83. The fourth-order valence-electron chi connectivity index (χ4n) is 2.51. The molecule has 1 heterocycles. The summed E-state index contributed by atoms with van der Waals surface area (Å²) in [6, 6.07) is 8.67. The number of aromatic nitrogens is 2. The second kappa shape index (κ2) is 8.47. The number of anilines is 2. The molecule has 0 radical (unpaired) electrons. The molecule has 0 aliphatic heterocycles. The SMILES string of the molecule is Cn1cnc2c(F)c(Nc3ccc(Br)cc3)c(C(=O)NOCCCO)cc21. The average Bonchev–Trinajstić information content (AvgIpc) is 3.03. The van der Waals surface area contributed by atoms with Crippen LogP contribution in [-0.4, -0.2) is 33.8 Å². The molecule has 0 saturated carbocycles. The average molecular weight is 437 g/mol. The topological polar surface area (TPSA) is 88.4 Å². The van der Waals surface area contributed by atoms with E-state index in [1.54, 1.807) is 41.9 Å².